The topological polar surface area (TPSA) is 73.1 Å². The van der Waals surface area contributed by atoms with Gasteiger partial charge in [-0.1, -0.05) is 17.7 Å². The number of amides is 1. The molecule has 0 aliphatic carbocycles. The maximum absolute atomic E-state index is 11.3. The number of carbonyl (C=O) groups is 1. The van der Waals surface area contributed by atoms with Gasteiger partial charge in [-0.2, -0.15) is 5.26 Å². The van der Waals surface area contributed by atoms with Crippen molar-refractivity contribution < 1.29 is 9.90 Å². The Hall–Kier alpha value is -1.99. The van der Waals surface area contributed by atoms with E-state index in [-0.39, 0.29) is 5.57 Å². The lowest BCUT2D eigenvalue weighted by atomic mass is 10.2. The number of aliphatic hydroxyl groups is 1. The Bertz CT molecular complexity index is 449. The fraction of sp³-hybridized carbons (Fsp3) is 0. The third-order valence-corrected chi connectivity index (χ3v) is 1.81. The molecule has 0 heterocycles. The minimum atomic E-state index is -0.678. The highest BCUT2D eigenvalue weighted by molar-refractivity contribution is 6.31. The van der Waals surface area contributed by atoms with E-state index in [1.54, 1.807) is 24.3 Å². The Balaban J connectivity index is 2.80. The minimum absolute atomic E-state index is 0.366. The molecule has 0 spiro atoms. The van der Waals surface area contributed by atoms with Crippen LogP contribution in [-0.4, -0.2) is 11.0 Å². The highest BCUT2D eigenvalue weighted by Gasteiger charge is 2.08. The average Bonchev–Trinajstić information content (AvgIpc) is 2.19. The van der Waals surface area contributed by atoms with E-state index in [0.717, 1.165) is 0 Å². The molecule has 1 aromatic rings. The van der Waals surface area contributed by atoms with Crippen LogP contribution in [-0.2, 0) is 4.79 Å². The molecule has 0 saturated carbocycles. The Morgan fingerprint density at radius 1 is 1.60 bits per heavy atom. The normalized spacial score (nSPS) is 10.5. The molecule has 1 amide bonds. The molecule has 1 rings (SSSR count). The van der Waals surface area contributed by atoms with Crippen LogP contribution in [0.5, 0.6) is 0 Å². The van der Waals surface area contributed by atoms with E-state index in [0.29, 0.717) is 17.0 Å². The molecule has 0 radical (unpaired) electrons. The lowest BCUT2D eigenvalue weighted by Crippen LogP contribution is -2.13. The second kappa shape index (κ2) is 5.03. The molecular weight excluding hydrogens is 216 g/mol. The molecule has 2 N–H and O–H groups in total. The smallest absolute Gasteiger partial charge is 0.269 e. The van der Waals surface area contributed by atoms with Crippen molar-refractivity contribution in [3.63, 3.8) is 0 Å². The van der Waals surface area contributed by atoms with Crippen molar-refractivity contribution in [1.82, 2.24) is 0 Å². The van der Waals surface area contributed by atoms with E-state index in [2.05, 4.69) is 5.32 Å². The number of carbonyl (C=O) groups excluding carboxylic acids is 1. The van der Waals surface area contributed by atoms with Crippen molar-refractivity contribution in [3.8, 4) is 6.07 Å². The molecule has 0 saturated heterocycles. The van der Waals surface area contributed by atoms with Crippen molar-refractivity contribution in [1.29, 1.82) is 5.26 Å². The Morgan fingerprint density at radius 3 is 2.87 bits per heavy atom. The first-order valence-corrected chi connectivity index (χ1v) is 4.36. The molecule has 76 valence electrons. The molecule has 5 heteroatoms. The molecule has 0 aliphatic heterocycles. The molecule has 15 heavy (non-hydrogen) atoms. The number of halogens is 1. The van der Waals surface area contributed by atoms with Crippen LogP contribution < -0.4 is 5.32 Å². The van der Waals surface area contributed by atoms with Crippen LogP contribution in [0.2, 0.25) is 5.02 Å². The first-order valence-electron chi connectivity index (χ1n) is 3.98. The largest absolute Gasteiger partial charge is 0.514 e. The molecule has 0 bridgehead atoms. The van der Waals surface area contributed by atoms with E-state index in [9.17, 15) is 4.79 Å². The number of nitrogens with zero attached hydrogens (tertiary/aromatic N) is 1. The number of hydrogen-bond acceptors (Lipinski definition) is 3. The standard InChI is InChI=1S/C10H7ClN2O2/c11-8-2-1-3-9(4-8)13-10(15)7(5-12)6-14/h1-4,6,14H,(H,13,15)/b7-6+. The Kier molecular flexibility index (Phi) is 3.72. The summed E-state index contributed by atoms with van der Waals surface area (Å²) in [7, 11) is 0. The number of benzene rings is 1. The second-order valence-corrected chi connectivity index (χ2v) is 3.06. The second-order valence-electron chi connectivity index (χ2n) is 2.62. The van der Waals surface area contributed by atoms with Crippen LogP contribution in [0.15, 0.2) is 36.1 Å². The summed E-state index contributed by atoms with van der Waals surface area (Å²) in [6.07, 6.45) is 0.458. The maximum atomic E-state index is 11.3. The molecule has 0 unspecified atom stereocenters. The Morgan fingerprint density at radius 2 is 2.33 bits per heavy atom. The fourth-order valence-electron chi connectivity index (χ4n) is 0.903. The van der Waals surface area contributed by atoms with Crippen LogP contribution in [0.1, 0.15) is 0 Å². The number of rotatable bonds is 2. The van der Waals surface area contributed by atoms with Gasteiger partial charge in [0.1, 0.15) is 12.3 Å². The van der Waals surface area contributed by atoms with Gasteiger partial charge in [-0.25, -0.2) is 0 Å². The molecule has 0 aliphatic rings. The summed E-state index contributed by atoms with van der Waals surface area (Å²) in [6, 6.07) is 8.02. The van der Waals surface area contributed by atoms with Crippen LogP contribution in [0.3, 0.4) is 0 Å². The summed E-state index contributed by atoms with van der Waals surface area (Å²) in [5.41, 5.74) is 0.0945. The number of nitrogens with one attached hydrogen (secondary N) is 1. The zero-order valence-electron chi connectivity index (χ0n) is 7.57. The van der Waals surface area contributed by atoms with Crippen molar-refractivity contribution in [2.24, 2.45) is 0 Å². The summed E-state index contributed by atoms with van der Waals surface area (Å²) >= 11 is 5.70. The Labute approximate surface area is 91.4 Å². The van der Waals surface area contributed by atoms with E-state index in [4.69, 9.17) is 22.0 Å². The predicted octanol–water partition coefficient (Wildman–Crippen LogP) is 2.24. The zero-order valence-corrected chi connectivity index (χ0v) is 8.32. The third-order valence-electron chi connectivity index (χ3n) is 1.58. The fourth-order valence-corrected chi connectivity index (χ4v) is 1.09. The monoisotopic (exact) mass is 222 g/mol. The predicted molar refractivity (Wildman–Crippen MR) is 56.4 cm³/mol. The van der Waals surface area contributed by atoms with Crippen molar-refractivity contribution in [2.75, 3.05) is 5.32 Å². The zero-order chi connectivity index (χ0) is 11.3. The van der Waals surface area contributed by atoms with E-state index in [1.165, 1.54) is 6.07 Å². The molecular formula is C10H7ClN2O2. The van der Waals surface area contributed by atoms with Gasteiger partial charge < -0.3 is 10.4 Å². The highest BCUT2D eigenvalue weighted by Crippen LogP contribution is 2.15. The summed E-state index contributed by atoms with van der Waals surface area (Å²) < 4.78 is 0. The minimum Gasteiger partial charge on any atom is -0.514 e. The van der Waals surface area contributed by atoms with E-state index in [1.807, 2.05) is 0 Å². The van der Waals surface area contributed by atoms with E-state index < -0.39 is 5.91 Å². The van der Waals surface area contributed by atoms with Crippen LogP contribution in [0.25, 0.3) is 0 Å². The van der Waals surface area contributed by atoms with Crippen molar-refractivity contribution >= 4 is 23.2 Å². The van der Waals surface area contributed by atoms with Crippen LogP contribution in [0.4, 0.5) is 5.69 Å². The third kappa shape index (κ3) is 3.01. The van der Waals surface area contributed by atoms with Crippen LogP contribution >= 0.6 is 11.6 Å². The molecule has 4 nitrogen and oxygen atoms in total. The maximum Gasteiger partial charge on any atom is 0.269 e. The van der Waals surface area contributed by atoms with Gasteiger partial charge in [-0.05, 0) is 18.2 Å². The van der Waals surface area contributed by atoms with Gasteiger partial charge in [0.05, 0.1) is 0 Å². The van der Waals surface area contributed by atoms with Gasteiger partial charge >= 0.3 is 0 Å². The van der Waals surface area contributed by atoms with E-state index >= 15 is 0 Å². The summed E-state index contributed by atoms with van der Waals surface area (Å²) in [6.45, 7) is 0. The molecule has 0 aromatic heterocycles. The van der Waals surface area contributed by atoms with Gasteiger partial charge in [0.25, 0.3) is 5.91 Å². The lowest BCUT2D eigenvalue weighted by Gasteiger charge is -2.03. The van der Waals surface area contributed by atoms with Gasteiger partial charge in [0.2, 0.25) is 0 Å². The van der Waals surface area contributed by atoms with Crippen LogP contribution in [0, 0.1) is 11.3 Å². The summed E-state index contributed by atoms with van der Waals surface area (Å²) in [5, 5.41) is 19.9. The molecule has 0 fully saturated rings. The molecule has 0 atom stereocenters. The quantitative estimate of drug-likeness (QED) is 0.458. The van der Waals surface area contributed by atoms with Crippen molar-refractivity contribution in [2.45, 2.75) is 0 Å². The number of hydrogen-bond donors (Lipinski definition) is 2. The number of anilines is 1. The van der Waals surface area contributed by atoms with Gasteiger partial charge in [-0.15, -0.1) is 0 Å². The van der Waals surface area contributed by atoms with Crippen molar-refractivity contribution in [3.05, 3.63) is 41.1 Å². The first-order chi connectivity index (χ1) is 7.17. The lowest BCUT2D eigenvalue weighted by molar-refractivity contribution is -0.112. The SMILES string of the molecule is N#C/C(=C\O)C(=O)Nc1cccc(Cl)c1. The van der Waals surface area contributed by atoms with Gasteiger partial charge in [0.15, 0.2) is 5.57 Å². The first kappa shape index (κ1) is 11.1. The number of nitriles is 1. The van der Waals surface area contributed by atoms with Gasteiger partial charge in [-0.3, -0.25) is 4.79 Å². The highest BCUT2D eigenvalue weighted by atomic mass is 35.5. The molecule has 1 aromatic carbocycles. The summed E-state index contributed by atoms with van der Waals surface area (Å²) in [5.74, 6) is -0.678. The number of aliphatic hydroxyl groups excluding tert-OH is 1. The average molecular weight is 223 g/mol. The summed E-state index contributed by atoms with van der Waals surface area (Å²) in [4.78, 5) is 11.3. The van der Waals surface area contributed by atoms with Gasteiger partial charge in [0, 0.05) is 10.7 Å².